The molecule has 0 bridgehead atoms. The molecule has 0 saturated heterocycles. The van der Waals surface area contributed by atoms with Crippen LogP contribution in [0.1, 0.15) is 18.9 Å². The summed E-state index contributed by atoms with van der Waals surface area (Å²) in [6, 6.07) is 9.98. The fourth-order valence-corrected chi connectivity index (χ4v) is 2.07. The van der Waals surface area contributed by atoms with Crippen molar-refractivity contribution >= 4 is 17.3 Å². The molecule has 4 nitrogen and oxygen atoms in total. The summed E-state index contributed by atoms with van der Waals surface area (Å²) in [5, 5.41) is 22.7. The van der Waals surface area contributed by atoms with E-state index < -0.39 is 0 Å². The fraction of sp³-hybridized carbons (Fsp3) is 0.250. The minimum absolute atomic E-state index is 0.0386. The van der Waals surface area contributed by atoms with Crippen molar-refractivity contribution in [3.8, 4) is 17.2 Å². The third-order valence-corrected chi connectivity index (χ3v) is 3.24. The molecule has 0 fully saturated rings. The van der Waals surface area contributed by atoms with Gasteiger partial charge in [-0.3, -0.25) is 0 Å². The van der Waals surface area contributed by atoms with E-state index in [4.69, 9.17) is 16.3 Å². The topological polar surface area (TPSA) is 61.7 Å². The number of aromatic hydroxyl groups is 2. The highest BCUT2D eigenvalue weighted by atomic mass is 35.5. The van der Waals surface area contributed by atoms with Crippen molar-refractivity contribution in [2.24, 2.45) is 0 Å². The van der Waals surface area contributed by atoms with E-state index in [0.717, 1.165) is 12.1 Å². The van der Waals surface area contributed by atoms with Crippen LogP contribution in [0, 0.1) is 0 Å². The predicted octanol–water partition coefficient (Wildman–Crippen LogP) is 4.15. The summed E-state index contributed by atoms with van der Waals surface area (Å²) in [7, 11) is 0. The Labute approximate surface area is 129 Å². The average molecular weight is 308 g/mol. The number of phenols is 2. The van der Waals surface area contributed by atoms with Crippen molar-refractivity contribution in [2.75, 3.05) is 11.9 Å². The van der Waals surface area contributed by atoms with E-state index in [1.165, 1.54) is 12.1 Å². The molecule has 0 saturated carbocycles. The molecule has 2 aromatic carbocycles. The molecule has 0 aromatic heterocycles. The number of phenolic OH excluding ortho intramolecular Hbond substituents is 2. The van der Waals surface area contributed by atoms with Crippen molar-refractivity contribution in [1.82, 2.24) is 0 Å². The monoisotopic (exact) mass is 307 g/mol. The maximum absolute atomic E-state index is 9.72. The van der Waals surface area contributed by atoms with Crippen LogP contribution < -0.4 is 10.1 Å². The lowest BCUT2D eigenvalue weighted by Crippen LogP contribution is -2.00. The lowest BCUT2D eigenvalue weighted by molar-refractivity contribution is 0.317. The van der Waals surface area contributed by atoms with Crippen LogP contribution in [-0.2, 0) is 6.54 Å². The second-order valence-corrected chi connectivity index (χ2v) is 5.07. The second kappa shape index (κ2) is 7.09. The minimum Gasteiger partial charge on any atom is -0.508 e. The molecule has 0 radical (unpaired) electrons. The average Bonchev–Trinajstić information content (AvgIpc) is 2.45. The molecule has 5 heteroatoms. The number of ether oxygens (including phenoxy) is 1. The first-order valence-electron chi connectivity index (χ1n) is 6.77. The SMILES string of the molecule is CCCOc1ccc(NCc2ccc(O)cc2O)cc1Cl. The quantitative estimate of drug-likeness (QED) is 0.750. The Bertz CT molecular complexity index is 616. The number of anilines is 1. The lowest BCUT2D eigenvalue weighted by Gasteiger charge is -2.11. The standard InChI is InChI=1S/C16H18ClNO3/c1-2-7-21-16-6-4-12(8-14(16)17)18-10-11-3-5-13(19)9-15(11)20/h3-6,8-9,18-20H,2,7,10H2,1H3. The Morgan fingerprint density at radius 1 is 1.14 bits per heavy atom. The first-order valence-corrected chi connectivity index (χ1v) is 7.15. The van der Waals surface area contributed by atoms with E-state index in [-0.39, 0.29) is 11.5 Å². The Morgan fingerprint density at radius 3 is 2.62 bits per heavy atom. The van der Waals surface area contributed by atoms with E-state index in [0.29, 0.717) is 29.5 Å². The van der Waals surface area contributed by atoms with Gasteiger partial charge < -0.3 is 20.3 Å². The Kier molecular flexibility index (Phi) is 5.17. The van der Waals surface area contributed by atoms with Gasteiger partial charge in [0.25, 0.3) is 0 Å². The van der Waals surface area contributed by atoms with Crippen LogP contribution in [0.3, 0.4) is 0 Å². The Balaban J connectivity index is 2.01. The van der Waals surface area contributed by atoms with Gasteiger partial charge in [-0.1, -0.05) is 18.5 Å². The molecule has 0 aliphatic carbocycles. The summed E-state index contributed by atoms with van der Waals surface area (Å²) in [5.74, 6) is 0.754. The predicted molar refractivity (Wildman–Crippen MR) is 84.3 cm³/mol. The van der Waals surface area contributed by atoms with E-state index in [9.17, 15) is 10.2 Å². The zero-order chi connectivity index (χ0) is 15.2. The molecule has 0 aliphatic rings. The molecule has 0 amide bonds. The van der Waals surface area contributed by atoms with Crippen molar-refractivity contribution in [1.29, 1.82) is 0 Å². The molecule has 0 spiro atoms. The van der Waals surface area contributed by atoms with Gasteiger partial charge in [-0.25, -0.2) is 0 Å². The maximum atomic E-state index is 9.72. The maximum Gasteiger partial charge on any atom is 0.138 e. The highest BCUT2D eigenvalue weighted by Crippen LogP contribution is 2.29. The minimum atomic E-state index is 0.0386. The van der Waals surface area contributed by atoms with Gasteiger partial charge in [0.1, 0.15) is 17.2 Å². The molecular weight excluding hydrogens is 290 g/mol. The van der Waals surface area contributed by atoms with Gasteiger partial charge >= 0.3 is 0 Å². The van der Waals surface area contributed by atoms with Crippen molar-refractivity contribution < 1.29 is 14.9 Å². The van der Waals surface area contributed by atoms with E-state index >= 15 is 0 Å². The summed E-state index contributed by atoms with van der Waals surface area (Å²) in [4.78, 5) is 0. The highest BCUT2D eigenvalue weighted by molar-refractivity contribution is 6.32. The number of hydrogen-bond acceptors (Lipinski definition) is 4. The number of nitrogens with one attached hydrogen (secondary N) is 1. The summed E-state index contributed by atoms with van der Waals surface area (Å²) in [6.45, 7) is 3.10. The van der Waals surface area contributed by atoms with E-state index in [2.05, 4.69) is 5.32 Å². The van der Waals surface area contributed by atoms with Gasteiger partial charge in [-0.2, -0.15) is 0 Å². The number of halogens is 1. The first-order chi connectivity index (χ1) is 10.1. The van der Waals surface area contributed by atoms with Crippen LogP contribution in [0.2, 0.25) is 5.02 Å². The van der Waals surface area contributed by atoms with Crippen LogP contribution in [-0.4, -0.2) is 16.8 Å². The number of benzene rings is 2. The van der Waals surface area contributed by atoms with Gasteiger partial charge in [0.15, 0.2) is 0 Å². The van der Waals surface area contributed by atoms with Crippen LogP contribution >= 0.6 is 11.6 Å². The largest absolute Gasteiger partial charge is 0.508 e. The zero-order valence-electron chi connectivity index (χ0n) is 11.8. The van der Waals surface area contributed by atoms with Crippen molar-refractivity contribution in [3.63, 3.8) is 0 Å². The molecule has 112 valence electrons. The molecular formula is C16H18ClNO3. The lowest BCUT2D eigenvalue weighted by atomic mass is 10.2. The van der Waals surface area contributed by atoms with Gasteiger partial charge in [0.2, 0.25) is 0 Å². The van der Waals surface area contributed by atoms with Gasteiger partial charge in [-0.15, -0.1) is 0 Å². The second-order valence-electron chi connectivity index (χ2n) is 4.66. The van der Waals surface area contributed by atoms with Crippen LogP contribution in [0.5, 0.6) is 17.2 Å². The first kappa shape index (κ1) is 15.3. The Morgan fingerprint density at radius 2 is 1.95 bits per heavy atom. The molecule has 3 N–H and O–H groups in total. The number of rotatable bonds is 6. The molecule has 2 aromatic rings. The van der Waals surface area contributed by atoms with Gasteiger partial charge in [0.05, 0.1) is 11.6 Å². The highest BCUT2D eigenvalue weighted by Gasteiger charge is 2.05. The van der Waals surface area contributed by atoms with Crippen molar-refractivity contribution in [3.05, 3.63) is 47.0 Å². The molecule has 21 heavy (non-hydrogen) atoms. The normalized spacial score (nSPS) is 10.4. The van der Waals surface area contributed by atoms with Crippen molar-refractivity contribution in [2.45, 2.75) is 19.9 Å². The number of hydrogen-bond donors (Lipinski definition) is 3. The molecule has 0 atom stereocenters. The smallest absolute Gasteiger partial charge is 0.138 e. The Hall–Kier alpha value is -2.07. The third-order valence-electron chi connectivity index (χ3n) is 2.95. The zero-order valence-corrected chi connectivity index (χ0v) is 12.5. The fourth-order valence-electron chi connectivity index (χ4n) is 1.84. The summed E-state index contributed by atoms with van der Waals surface area (Å²) in [5.41, 5.74) is 1.52. The van der Waals surface area contributed by atoms with Crippen LogP contribution in [0.15, 0.2) is 36.4 Å². The van der Waals surface area contributed by atoms with Crippen LogP contribution in [0.25, 0.3) is 0 Å². The summed E-state index contributed by atoms with van der Waals surface area (Å²) in [6.07, 6.45) is 0.927. The molecule has 0 aliphatic heterocycles. The summed E-state index contributed by atoms with van der Waals surface area (Å²) >= 11 is 6.15. The van der Waals surface area contributed by atoms with Crippen LogP contribution in [0.4, 0.5) is 5.69 Å². The molecule has 2 rings (SSSR count). The van der Waals surface area contributed by atoms with Gasteiger partial charge in [0, 0.05) is 23.9 Å². The molecule has 0 heterocycles. The molecule has 0 unspecified atom stereocenters. The third kappa shape index (κ3) is 4.20. The van der Waals surface area contributed by atoms with Gasteiger partial charge in [-0.05, 0) is 36.8 Å². The van der Waals surface area contributed by atoms with E-state index in [1.54, 1.807) is 12.1 Å². The summed E-state index contributed by atoms with van der Waals surface area (Å²) < 4.78 is 5.51. The van der Waals surface area contributed by atoms with E-state index in [1.807, 2.05) is 19.1 Å².